The Labute approximate surface area is 214 Å². The number of rotatable bonds is 8. The maximum atomic E-state index is 13.8. The van der Waals surface area contributed by atoms with Gasteiger partial charge >= 0.3 is 0 Å². The zero-order valence-corrected chi connectivity index (χ0v) is 22.2. The highest BCUT2D eigenvalue weighted by atomic mass is 16.5. The fourth-order valence-electron chi connectivity index (χ4n) is 5.64. The monoisotopic (exact) mass is 499 g/mol. The molecule has 4 rings (SSSR count). The van der Waals surface area contributed by atoms with Crippen molar-refractivity contribution in [3.8, 4) is 0 Å². The second-order valence-electron chi connectivity index (χ2n) is 10.5. The molecule has 3 fully saturated rings. The molecular weight excluding hydrogens is 458 g/mol. The van der Waals surface area contributed by atoms with Crippen LogP contribution < -0.4 is 15.5 Å². The van der Waals surface area contributed by atoms with E-state index in [1.165, 1.54) is 0 Å². The lowest BCUT2D eigenvalue weighted by molar-refractivity contribution is -0.139. The second kappa shape index (κ2) is 11.3. The summed E-state index contributed by atoms with van der Waals surface area (Å²) >= 11 is 0. The minimum atomic E-state index is -0.724. The highest BCUT2D eigenvalue weighted by molar-refractivity contribution is 6.03. The van der Waals surface area contributed by atoms with Crippen molar-refractivity contribution in [1.82, 2.24) is 20.4 Å². The Morgan fingerprint density at radius 1 is 1.11 bits per heavy atom. The molecule has 1 aromatic carbocycles. The lowest BCUT2D eigenvalue weighted by atomic mass is 9.96. The average Bonchev–Trinajstić information content (AvgIpc) is 3.46. The number of nitrogens with zero attached hydrogens (tertiary/aromatic N) is 3. The topological polar surface area (TPSA) is 94.2 Å². The number of amides is 2. The number of nitrogens with one attached hydrogen (secondary N) is 2. The van der Waals surface area contributed by atoms with E-state index in [1.54, 1.807) is 4.90 Å². The standard InChI is InChI=1S/C27H41N5O4/c1-6-18(4)23(27(35)32-15-20(28-5)25-24(32)22(33)16-36-25)29-26(34)19-9-7-8-10-21(19)31-13-11-30(12-14-31)17(2)3/h7-10,17-18,20,23-25,28H,6,11-16H2,1-5H3,(H,29,34)/t18-,20-,23-,24+,25+/m0/s1. The molecule has 3 saturated heterocycles. The minimum absolute atomic E-state index is 0.0229. The Hall–Kier alpha value is -2.49. The highest BCUT2D eigenvalue weighted by Crippen LogP contribution is 2.29. The smallest absolute Gasteiger partial charge is 0.254 e. The van der Waals surface area contributed by atoms with Gasteiger partial charge in [-0.2, -0.15) is 0 Å². The summed E-state index contributed by atoms with van der Waals surface area (Å²) in [4.78, 5) is 46.3. The number of fused-ring (bicyclic) bond motifs is 1. The zero-order chi connectivity index (χ0) is 26.0. The molecule has 0 spiro atoms. The fourth-order valence-corrected chi connectivity index (χ4v) is 5.64. The molecule has 9 nitrogen and oxygen atoms in total. The van der Waals surface area contributed by atoms with Crippen molar-refractivity contribution in [2.75, 3.05) is 51.3 Å². The van der Waals surface area contributed by atoms with Crippen molar-refractivity contribution >= 4 is 23.3 Å². The maximum Gasteiger partial charge on any atom is 0.254 e. The van der Waals surface area contributed by atoms with Crippen LogP contribution in [0.15, 0.2) is 24.3 Å². The summed E-state index contributed by atoms with van der Waals surface area (Å²) in [6, 6.07) is 6.70. The minimum Gasteiger partial charge on any atom is -0.368 e. The lowest BCUT2D eigenvalue weighted by Gasteiger charge is -2.38. The van der Waals surface area contributed by atoms with E-state index in [-0.39, 0.29) is 42.3 Å². The zero-order valence-electron chi connectivity index (χ0n) is 22.2. The van der Waals surface area contributed by atoms with Crippen molar-refractivity contribution in [1.29, 1.82) is 0 Å². The number of anilines is 1. The molecule has 36 heavy (non-hydrogen) atoms. The van der Waals surface area contributed by atoms with Gasteiger partial charge in [-0.1, -0.05) is 32.4 Å². The summed E-state index contributed by atoms with van der Waals surface area (Å²) in [5, 5.41) is 6.23. The number of ether oxygens (including phenoxy) is 1. The van der Waals surface area contributed by atoms with Gasteiger partial charge in [-0.15, -0.1) is 0 Å². The Kier molecular flexibility index (Phi) is 8.32. The van der Waals surface area contributed by atoms with Gasteiger partial charge in [0.25, 0.3) is 5.91 Å². The van der Waals surface area contributed by atoms with Crippen LogP contribution in [0, 0.1) is 5.92 Å². The van der Waals surface area contributed by atoms with Gasteiger partial charge in [0.15, 0.2) is 5.78 Å². The normalized spacial score (nSPS) is 26.3. The number of para-hydroxylation sites is 1. The van der Waals surface area contributed by atoms with Gasteiger partial charge in [0.2, 0.25) is 5.91 Å². The van der Waals surface area contributed by atoms with Gasteiger partial charge in [0.1, 0.15) is 24.8 Å². The highest BCUT2D eigenvalue weighted by Gasteiger charge is 2.53. The van der Waals surface area contributed by atoms with Gasteiger partial charge in [0, 0.05) is 44.5 Å². The summed E-state index contributed by atoms with van der Waals surface area (Å²) in [7, 11) is 1.81. The molecule has 0 aliphatic carbocycles. The van der Waals surface area contributed by atoms with Crippen LogP contribution >= 0.6 is 0 Å². The molecule has 3 aliphatic rings. The molecule has 5 atom stereocenters. The van der Waals surface area contributed by atoms with Crippen LogP contribution in [0.4, 0.5) is 5.69 Å². The Morgan fingerprint density at radius 2 is 1.81 bits per heavy atom. The number of carbonyl (C=O) groups is 3. The predicted molar refractivity (Wildman–Crippen MR) is 139 cm³/mol. The van der Waals surface area contributed by atoms with E-state index in [4.69, 9.17) is 4.74 Å². The van der Waals surface area contributed by atoms with E-state index in [0.717, 1.165) is 38.3 Å². The molecule has 2 amide bonds. The van der Waals surface area contributed by atoms with Gasteiger partial charge in [-0.05, 0) is 38.9 Å². The van der Waals surface area contributed by atoms with Gasteiger partial charge < -0.3 is 25.2 Å². The van der Waals surface area contributed by atoms with Gasteiger partial charge in [-0.3, -0.25) is 19.3 Å². The maximum absolute atomic E-state index is 13.8. The van der Waals surface area contributed by atoms with E-state index in [0.29, 0.717) is 18.2 Å². The summed E-state index contributed by atoms with van der Waals surface area (Å²) in [6.07, 6.45) is 0.377. The number of ketones is 1. The Morgan fingerprint density at radius 3 is 2.44 bits per heavy atom. The van der Waals surface area contributed by atoms with Crippen LogP contribution in [-0.2, 0) is 14.3 Å². The van der Waals surface area contributed by atoms with E-state index < -0.39 is 12.1 Å². The summed E-state index contributed by atoms with van der Waals surface area (Å²) in [6.45, 7) is 12.4. The van der Waals surface area contributed by atoms with Gasteiger partial charge in [0.05, 0.1) is 11.6 Å². The Bertz CT molecular complexity index is 961. The van der Waals surface area contributed by atoms with E-state index in [9.17, 15) is 14.4 Å². The number of benzene rings is 1. The Balaban J connectivity index is 1.53. The largest absolute Gasteiger partial charge is 0.368 e. The summed E-state index contributed by atoms with van der Waals surface area (Å²) < 4.78 is 5.69. The first kappa shape index (κ1) is 26.6. The van der Waals surface area contributed by atoms with Crippen molar-refractivity contribution in [2.24, 2.45) is 5.92 Å². The van der Waals surface area contributed by atoms with Crippen LogP contribution in [0.3, 0.4) is 0 Å². The molecule has 1 aromatic rings. The number of hydrogen-bond donors (Lipinski definition) is 2. The first-order valence-corrected chi connectivity index (χ1v) is 13.3. The predicted octanol–water partition coefficient (Wildman–Crippen LogP) is 1.13. The first-order valence-electron chi connectivity index (χ1n) is 13.3. The van der Waals surface area contributed by atoms with E-state index in [1.807, 2.05) is 45.2 Å². The summed E-state index contributed by atoms with van der Waals surface area (Å²) in [5.41, 5.74) is 1.47. The van der Waals surface area contributed by atoms with Crippen LogP contribution in [0.2, 0.25) is 0 Å². The van der Waals surface area contributed by atoms with Crippen molar-refractivity contribution in [2.45, 2.75) is 64.4 Å². The molecule has 0 aromatic heterocycles. The quantitative estimate of drug-likeness (QED) is 0.554. The number of Topliss-reactive ketones (excluding diaryl/α,β-unsaturated/α-hetero) is 1. The molecular formula is C27H41N5O4. The number of carbonyl (C=O) groups excluding carboxylic acids is 3. The molecule has 198 valence electrons. The molecule has 0 saturated carbocycles. The molecule has 2 N–H and O–H groups in total. The van der Waals surface area contributed by atoms with Crippen molar-refractivity contribution < 1.29 is 19.1 Å². The second-order valence-corrected chi connectivity index (χ2v) is 10.5. The number of hydrogen-bond acceptors (Lipinski definition) is 7. The first-order chi connectivity index (χ1) is 17.3. The van der Waals surface area contributed by atoms with Crippen molar-refractivity contribution in [3.05, 3.63) is 29.8 Å². The molecule has 3 heterocycles. The third-order valence-electron chi connectivity index (χ3n) is 8.14. The lowest BCUT2D eigenvalue weighted by Crippen LogP contribution is -2.55. The van der Waals surface area contributed by atoms with E-state index >= 15 is 0 Å². The molecule has 9 heteroatoms. The van der Waals surface area contributed by atoms with Crippen LogP contribution in [0.5, 0.6) is 0 Å². The van der Waals surface area contributed by atoms with E-state index in [2.05, 4.69) is 34.3 Å². The molecule has 0 unspecified atom stereocenters. The van der Waals surface area contributed by atoms with Gasteiger partial charge in [-0.25, -0.2) is 0 Å². The summed E-state index contributed by atoms with van der Waals surface area (Å²) in [5.74, 6) is -0.642. The number of piperazine rings is 1. The molecule has 0 bridgehead atoms. The fraction of sp³-hybridized carbons (Fsp3) is 0.667. The third-order valence-corrected chi connectivity index (χ3v) is 8.14. The van der Waals surface area contributed by atoms with Crippen LogP contribution in [-0.4, -0.2) is 104 Å². The molecule has 0 radical (unpaired) electrons. The SMILES string of the molecule is CC[C@H](C)[C@H](NC(=O)c1ccccc1N1CCN(C(C)C)CC1)C(=O)N1C[C@H](NC)[C@H]2OCC(=O)[C@H]21. The number of likely N-dealkylation sites (N-methyl/N-ethyl adjacent to an activating group) is 1. The average molecular weight is 500 g/mol. The van der Waals surface area contributed by atoms with Crippen molar-refractivity contribution in [3.63, 3.8) is 0 Å². The van der Waals surface area contributed by atoms with Crippen LogP contribution in [0.25, 0.3) is 0 Å². The third kappa shape index (κ3) is 5.14. The molecule has 3 aliphatic heterocycles. The number of likely N-dealkylation sites (tertiary alicyclic amines) is 1. The van der Waals surface area contributed by atoms with Crippen LogP contribution in [0.1, 0.15) is 44.5 Å².